The van der Waals surface area contributed by atoms with Gasteiger partial charge in [-0.15, -0.1) is 13.2 Å². The number of fused-ring (bicyclic) bond motifs is 2. The number of urea groups is 1. The molecule has 0 bridgehead atoms. The fourth-order valence-electron chi connectivity index (χ4n) is 5.82. The van der Waals surface area contributed by atoms with Crippen molar-refractivity contribution in [3.63, 3.8) is 0 Å². The van der Waals surface area contributed by atoms with E-state index in [0.717, 1.165) is 49.8 Å². The Morgan fingerprint density at radius 3 is 2.41 bits per heavy atom. The maximum atomic E-state index is 13.8. The Morgan fingerprint density at radius 2 is 1.76 bits per heavy atom. The molecule has 196 valence electrons. The van der Waals surface area contributed by atoms with Crippen molar-refractivity contribution in [2.24, 2.45) is 5.92 Å². The molecule has 2 saturated carbocycles. The number of halogens is 3. The van der Waals surface area contributed by atoms with E-state index in [9.17, 15) is 27.6 Å². The Balaban J connectivity index is 1.51. The van der Waals surface area contributed by atoms with Crippen molar-refractivity contribution in [3.8, 4) is 5.75 Å². The van der Waals surface area contributed by atoms with E-state index < -0.39 is 6.36 Å². The highest BCUT2D eigenvalue weighted by atomic mass is 19.4. The van der Waals surface area contributed by atoms with Gasteiger partial charge in [-0.25, -0.2) is 4.79 Å². The predicted molar refractivity (Wildman–Crippen MR) is 129 cm³/mol. The van der Waals surface area contributed by atoms with E-state index in [4.69, 9.17) is 0 Å². The number of para-hydroxylation sites is 1. The maximum Gasteiger partial charge on any atom is 0.573 e. The van der Waals surface area contributed by atoms with Crippen LogP contribution in [-0.4, -0.2) is 60.1 Å². The number of likely N-dealkylation sites (N-methyl/N-ethyl adjacent to an activating group) is 1. The lowest BCUT2D eigenvalue weighted by Crippen LogP contribution is -2.54. The number of anilines is 1. The first kappa shape index (κ1) is 25.1. The van der Waals surface area contributed by atoms with E-state index in [2.05, 4.69) is 4.74 Å². The Kier molecular flexibility index (Phi) is 6.59. The van der Waals surface area contributed by atoms with Gasteiger partial charge in [0.2, 0.25) is 0 Å². The van der Waals surface area contributed by atoms with Gasteiger partial charge in [-0.05, 0) is 61.6 Å². The Hall–Kier alpha value is -3.56. The molecule has 3 atom stereocenters. The summed E-state index contributed by atoms with van der Waals surface area (Å²) in [5.74, 6) is -0.690. The largest absolute Gasteiger partial charge is 0.573 e. The molecule has 2 aromatic rings. The molecule has 0 saturated heterocycles. The summed E-state index contributed by atoms with van der Waals surface area (Å²) in [6.07, 6.45) is 0.166. The minimum atomic E-state index is -4.81. The predicted octanol–water partition coefficient (Wildman–Crippen LogP) is 5.17. The second-order valence-corrected chi connectivity index (χ2v) is 9.88. The number of aldehydes is 1. The molecular weight excluding hydrogens is 487 g/mol. The lowest BCUT2D eigenvalue weighted by molar-refractivity contribution is -0.274. The maximum absolute atomic E-state index is 13.8. The third kappa shape index (κ3) is 4.89. The van der Waals surface area contributed by atoms with Gasteiger partial charge in [0.15, 0.2) is 0 Å². The molecule has 0 aromatic heterocycles. The molecule has 3 amide bonds. The van der Waals surface area contributed by atoms with Crippen LogP contribution in [0.5, 0.6) is 5.75 Å². The van der Waals surface area contributed by atoms with Crippen LogP contribution in [0.4, 0.5) is 23.7 Å². The summed E-state index contributed by atoms with van der Waals surface area (Å²) in [7, 11) is 1.62. The molecule has 3 unspecified atom stereocenters. The molecule has 2 aliphatic carbocycles. The van der Waals surface area contributed by atoms with Gasteiger partial charge >= 0.3 is 12.4 Å². The molecular formula is C27H28F3N3O4. The summed E-state index contributed by atoms with van der Waals surface area (Å²) >= 11 is 0. The van der Waals surface area contributed by atoms with Crippen molar-refractivity contribution in [2.45, 2.75) is 56.6 Å². The van der Waals surface area contributed by atoms with E-state index in [1.807, 2.05) is 29.2 Å². The second kappa shape index (κ2) is 9.72. The number of amides is 3. The average molecular weight is 516 g/mol. The van der Waals surface area contributed by atoms with Gasteiger partial charge in [0, 0.05) is 36.3 Å². The quantitative estimate of drug-likeness (QED) is 0.498. The minimum Gasteiger partial charge on any atom is -0.406 e. The fourth-order valence-corrected chi connectivity index (χ4v) is 5.82. The monoisotopic (exact) mass is 515 g/mol. The molecule has 10 heteroatoms. The van der Waals surface area contributed by atoms with Gasteiger partial charge in [-0.3, -0.25) is 4.79 Å². The summed E-state index contributed by atoms with van der Waals surface area (Å²) in [6, 6.07) is 12.0. The van der Waals surface area contributed by atoms with Crippen LogP contribution in [0.3, 0.4) is 0 Å². The summed E-state index contributed by atoms with van der Waals surface area (Å²) in [6.45, 7) is 0.00315. The van der Waals surface area contributed by atoms with Crippen LogP contribution >= 0.6 is 0 Å². The Morgan fingerprint density at radius 1 is 1.05 bits per heavy atom. The van der Waals surface area contributed by atoms with Crippen molar-refractivity contribution in [1.29, 1.82) is 0 Å². The highest BCUT2D eigenvalue weighted by molar-refractivity contribution is 6.07. The number of hydrogen-bond acceptors (Lipinski definition) is 4. The second-order valence-electron chi connectivity index (χ2n) is 9.88. The average Bonchev–Trinajstić information content (AvgIpc) is 3.58. The van der Waals surface area contributed by atoms with E-state index >= 15 is 0 Å². The van der Waals surface area contributed by atoms with Crippen molar-refractivity contribution < 1.29 is 32.3 Å². The number of nitrogens with zero attached hydrogens (tertiary/aromatic N) is 3. The Bertz CT molecular complexity index is 1180. The standard InChI is InChI=1S/C27H28F3N3O4/c1-31(15-16-34)26(36)32(18-11-12-18)24-20-5-2-3-7-22(20)33(23-8-4-6-21(23)24)25(35)17-9-13-19(14-10-17)37-27(28,29)30/h2-3,5,7,9-10,13-14,16,18,21,23-24H,4,6,8,11-12,15H2,1H3. The summed E-state index contributed by atoms with van der Waals surface area (Å²) in [4.78, 5) is 43.5. The van der Waals surface area contributed by atoms with Crippen LogP contribution in [-0.2, 0) is 4.79 Å². The number of alkyl halides is 3. The van der Waals surface area contributed by atoms with Gasteiger partial charge in [0.05, 0.1) is 12.6 Å². The lowest BCUT2D eigenvalue weighted by atomic mass is 9.81. The van der Waals surface area contributed by atoms with Gasteiger partial charge < -0.3 is 24.2 Å². The first-order chi connectivity index (χ1) is 17.7. The summed E-state index contributed by atoms with van der Waals surface area (Å²) in [5.41, 5.74) is 1.83. The van der Waals surface area contributed by atoms with E-state index in [-0.39, 0.29) is 53.8 Å². The first-order valence-electron chi connectivity index (χ1n) is 12.4. The number of carbonyl (C=O) groups is 3. The van der Waals surface area contributed by atoms with Crippen LogP contribution < -0.4 is 9.64 Å². The SMILES string of the molecule is CN(CC=O)C(=O)N(C1CC1)C1c2ccccc2N(C(=O)c2ccc(OC(F)(F)F)cc2)C2CCCC21. The molecule has 0 N–H and O–H groups in total. The van der Waals surface area contributed by atoms with Crippen molar-refractivity contribution in [2.75, 3.05) is 18.5 Å². The Labute approximate surface area is 212 Å². The molecule has 0 spiro atoms. The van der Waals surface area contributed by atoms with Crippen LogP contribution in [0.1, 0.15) is 54.1 Å². The smallest absolute Gasteiger partial charge is 0.406 e. The molecule has 7 nitrogen and oxygen atoms in total. The zero-order valence-corrected chi connectivity index (χ0v) is 20.4. The minimum absolute atomic E-state index is 0.000803. The topological polar surface area (TPSA) is 70.2 Å². The van der Waals surface area contributed by atoms with E-state index in [1.54, 1.807) is 11.9 Å². The first-order valence-corrected chi connectivity index (χ1v) is 12.4. The van der Waals surface area contributed by atoms with Crippen LogP contribution in [0.15, 0.2) is 48.5 Å². The summed E-state index contributed by atoms with van der Waals surface area (Å²) in [5, 5.41) is 0. The zero-order valence-electron chi connectivity index (χ0n) is 20.4. The van der Waals surface area contributed by atoms with Crippen molar-refractivity contribution in [3.05, 3.63) is 59.7 Å². The number of benzene rings is 2. The normalized spacial score (nSPS) is 22.6. The molecule has 1 heterocycles. The molecule has 0 radical (unpaired) electrons. The van der Waals surface area contributed by atoms with Gasteiger partial charge in [0.1, 0.15) is 12.0 Å². The van der Waals surface area contributed by atoms with Crippen molar-refractivity contribution >= 4 is 23.9 Å². The molecule has 5 rings (SSSR count). The number of rotatable bonds is 6. The highest BCUT2D eigenvalue weighted by Crippen LogP contribution is 2.53. The third-order valence-corrected chi connectivity index (χ3v) is 7.47. The fraction of sp³-hybridized carbons (Fsp3) is 0.444. The summed E-state index contributed by atoms with van der Waals surface area (Å²) < 4.78 is 41.7. The van der Waals surface area contributed by atoms with E-state index in [0.29, 0.717) is 12.0 Å². The molecule has 37 heavy (non-hydrogen) atoms. The highest BCUT2D eigenvalue weighted by Gasteiger charge is 2.52. The van der Waals surface area contributed by atoms with Crippen LogP contribution in [0.2, 0.25) is 0 Å². The molecule has 2 fully saturated rings. The zero-order chi connectivity index (χ0) is 26.3. The van der Waals surface area contributed by atoms with Crippen molar-refractivity contribution in [1.82, 2.24) is 9.80 Å². The number of ether oxygens (including phenoxy) is 1. The molecule has 1 aliphatic heterocycles. The van der Waals surface area contributed by atoms with Crippen LogP contribution in [0, 0.1) is 5.92 Å². The number of hydrogen-bond donors (Lipinski definition) is 0. The van der Waals surface area contributed by atoms with Crippen LogP contribution in [0.25, 0.3) is 0 Å². The third-order valence-electron chi connectivity index (χ3n) is 7.47. The lowest BCUT2D eigenvalue weighted by Gasteiger charge is -2.48. The van der Waals surface area contributed by atoms with Gasteiger partial charge in [-0.1, -0.05) is 24.6 Å². The van der Waals surface area contributed by atoms with Gasteiger partial charge in [0.25, 0.3) is 5.91 Å². The van der Waals surface area contributed by atoms with Gasteiger partial charge in [-0.2, -0.15) is 0 Å². The molecule has 2 aromatic carbocycles. The molecule has 3 aliphatic rings. The van der Waals surface area contributed by atoms with E-state index in [1.165, 1.54) is 17.0 Å². The number of carbonyl (C=O) groups excluding carboxylic acids is 3.